The summed E-state index contributed by atoms with van der Waals surface area (Å²) in [5.41, 5.74) is 2.07. The van der Waals surface area contributed by atoms with E-state index in [0.29, 0.717) is 11.6 Å². The highest BCUT2D eigenvalue weighted by Gasteiger charge is 1.98. The van der Waals surface area contributed by atoms with Gasteiger partial charge in [0.1, 0.15) is 0 Å². The van der Waals surface area contributed by atoms with Crippen LogP contribution in [-0.2, 0) is 16.0 Å². The maximum absolute atomic E-state index is 11.5. The second-order valence-corrected chi connectivity index (χ2v) is 4.72. The SMILES string of the molecule is O=C(/C=C/c1ccc(Cl)cc1)OCCc1ccccc1. The Hall–Kier alpha value is -2.06. The van der Waals surface area contributed by atoms with Crippen LogP contribution in [0.5, 0.6) is 0 Å². The number of carbonyl (C=O) groups is 1. The first kappa shape index (κ1) is 14.4. The molecule has 0 aliphatic heterocycles. The number of hydrogen-bond donors (Lipinski definition) is 0. The molecule has 0 radical (unpaired) electrons. The van der Waals surface area contributed by atoms with Gasteiger partial charge in [-0.05, 0) is 29.3 Å². The van der Waals surface area contributed by atoms with Crippen molar-refractivity contribution in [2.45, 2.75) is 6.42 Å². The Morgan fingerprint density at radius 3 is 2.45 bits per heavy atom. The number of rotatable bonds is 5. The maximum atomic E-state index is 11.5. The van der Waals surface area contributed by atoms with Gasteiger partial charge in [0.2, 0.25) is 0 Å². The van der Waals surface area contributed by atoms with Gasteiger partial charge in [-0.3, -0.25) is 0 Å². The zero-order valence-corrected chi connectivity index (χ0v) is 11.7. The largest absolute Gasteiger partial charge is 0.462 e. The van der Waals surface area contributed by atoms with Crippen LogP contribution < -0.4 is 0 Å². The molecule has 0 fully saturated rings. The summed E-state index contributed by atoms with van der Waals surface area (Å²) < 4.78 is 5.14. The van der Waals surface area contributed by atoms with Gasteiger partial charge in [0.25, 0.3) is 0 Å². The van der Waals surface area contributed by atoms with Crippen molar-refractivity contribution < 1.29 is 9.53 Å². The molecule has 2 nitrogen and oxygen atoms in total. The molecule has 0 aliphatic carbocycles. The zero-order valence-electron chi connectivity index (χ0n) is 11.0. The molecule has 0 spiro atoms. The van der Waals surface area contributed by atoms with Crippen LogP contribution in [0.2, 0.25) is 5.02 Å². The van der Waals surface area contributed by atoms with Crippen LogP contribution in [0.3, 0.4) is 0 Å². The monoisotopic (exact) mass is 286 g/mol. The van der Waals surface area contributed by atoms with Gasteiger partial charge in [0, 0.05) is 17.5 Å². The van der Waals surface area contributed by atoms with Gasteiger partial charge in [0.15, 0.2) is 0 Å². The van der Waals surface area contributed by atoms with Crippen molar-refractivity contribution in [2.24, 2.45) is 0 Å². The summed E-state index contributed by atoms with van der Waals surface area (Å²) in [5, 5.41) is 0.674. The summed E-state index contributed by atoms with van der Waals surface area (Å²) in [6.45, 7) is 0.383. The van der Waals surface area contributed by atoms with Crippen molar-refractivity contribution in [2.75, 3.05) is 6.61 Å². The van der Waals surface area contributed by atoms with Gasteiger partial charge >= 0.3 is 5.97 Å². The first-order chi connectivity index (χ1) is 9.74. The predicted molar refractivity (Wildman–Crippen MR) is 81.6 cm³/mol. The summed E-state index contributed by atoms with van der Waals surface area (Å²) in [6.07, 6.45) is 3.86. The first-order valence-corrected chi connectivity index (χ1v) is 6.76. The van der Waals surface area contributed by atoms with Crippen LogP contribution in [0.1, 0.15) is 11.1 Å². The van der Waals surface area contributed by atoms with Gasteiger partial charge in [-0.25, -0.2) is 4.79 Å². The predicted octanol–water partition coefficient (Wildman–Crippen LogP) is 4.14. The third-order valence-corrected chi connectivity index (χ3v) is 3.01. The molecule has 2 aromatic carbocycles. The molecule has 0 amide bonds. The molecule has 2 aromatic rings. The summed E-state index contributed by atoms with van der Waals surface area (Å²) in [7, 11) is 0. The number of halogens is 1. The van der Waals surface area contributed by atoms with Crippen LogP contribution in [0, 0.1) is 0 Å². The fourth-order valence-electron chi connectivity index (χ4n) is 1.70. The van der Waals surface area contributed by atoms with E-state index in [-0.39, 0.29) is 5.97 Å². The van der Waals surface area contributed by atoms with E-state index in [1.165, 1.54) is 6.08 Å². The number of hydrogen-bond acceptors (Lipinski definition) is 2. The Morgan fingerprint density at radius 1 is 1.05 bits per heavy atom. The first-order valence-electron chi connectivity index (χ1n) is 6.38. The highest BCUT2D eigenvalue weighted by Crippen LogP contribution is 2.10. The quantitative estimate of drug-likeness (QED) is 0.610. The molecule has 0 aromatic heterocycles. The van der Waals surface area contributed by atoms with E-state index in [2.05, 4.69) is 0 Å². The van der Waals surface area contributed by atoms with Gasteiger partial charge in [0.05, 0.1) is 6.61 Å². The fourth-order valence-corrected chi connectivity index (χ4v) is 1.83. The lowest BCUT2D eigenvalue weighted by molar-refractivity contribution is -0.137. The topological polar surface area (TPSA) is 26.3 Å². The molecule has 0 N–H and O–H groups in total. The van der Waals surface area contributed by atoms with Crippen molar-refractivity contribution >= 4 is 23.6 Å². The molecule has 0 bridgehead atoms. The molecular weight excluding hydrogens is 272 g/mol. The van der Waals surface area contributed by atoms with E-state index in [1.54, 1.807) is 18.2 Å². The lowest BCUT2D eigenvalue weighted by Crippen LogP contribution is -2.04. The Balaban J connectivity index is 1.76. The van der Waals surface area contributed by atoms with Gasteiger partial charge in [-0.15, -0.1) is 0 Å². The third kappa shape index (κ3) is 4.90. The van der Waals surface area contributed by atoms with E-state index in [1.807, 2.05) is 42.5 Å². The smallest absolute Gasteiger partial charge is 0.330 e. The highest BCUT2D eigenvalue weighted by molar-refractivity contribution is 6.30. The number of benzene rings is 2. The van der Waals surface area contributed by atoms with Crippen molar-refractivity contribution in [3.05, 3.63) is 76.8 Å². The van der Waals surface area contributed by atoms with E-state index >= 15 is 0 Å². The van der Waals surface area contributed by atoms with E-state index in [0.717, 1.165) is 17.5 Å². The Morgan fingerprint density at radius 2 is 1.75 bits per heavy atom. The molecule has 2 rings (SSSR count). The van der Waals surface area contributed by atoms with Crippen molar-refractivity contribution in [3.63, 3.8) is 0 Å². The highest BCUT2D eigenvalue weighted by atomic mass is 35.5. The molecule has 20 heavy (non-hydrogen) atoms. The number of ether oxygens (including phenoxy) is 1. The van der Waals surface area contributed by atoms with Crippen LogP contribution >= 0.6 is 11.6 Å². The Bertz CT molecular complexity index is 574. The minimum absolute atomic E-state index is 0.337. The number of carbonyl (C=O) groups excluding carboxylic acids is 1. The normalized spacial score (nSPS) is 10.7. The minimum atomic E-state index is -0.337. The van der Waals surface area contributed by atoms with Gasteiger partial charge < -0.3 is 4.74 Å². The average molecular weight is 287 g/mol. The minimum Gasteiger partial charge on any atom is -0.462 e. The molecule has 102 valence electrons. The number of esters is 1. The van der Waals surface area contributed by atoms with E-state index < -0.39 is 0 Å². The van der Waals surface area contributed by atoms with Crippen LogP contribution in [-0.4, -0.2) is 12.6 Å². The van der Waals surface area contributed by atoms with Gasteiger partial charge in [-0.1, -0.05) is 54.1 Å². The molecule has 0 saturated carbocycles. The molecule has 0 unspecified atom stereocenters. The summed E-state index contributed by atoms with van der Waals surface area (Å²) in [4.78, 5) is 11.5. The average Bonchev–Trinajstić information content (AvgIpc) is 2.48. The summed E-state index contributed by atoms with van der Waals surface area (Å²) in [5.74, 6) is -0.337. The van der Waals surface area contributed by atoms with Crippen molar-refractivity contribution in [1.29, 1.82) is 0 Å². The van der Waals surface area contributed by atoms with Crippen molar-refractivity contribution in [3.8, 4) is 0 Å². The molecule has 0 saturated heterocycles. The Labute approximate surface area is 123 Å². The fraction of sp³-hybridized carbons (Fsp3) is 0.118. The molecule has 0 atom stereocenters. The van der Waals surface area contributed by atoms with Crippen LogP contribution in [0.25, 0.3) is 6.08 Å². The van der Waals surface area contributed by atoms with Crippen LogP contribution in [0.4, 0.5) is 0 Å². The maximum Gasteiger partial charge on any atom is 0.330 e. The van der Waals surface area contributed by atoms with Crippen molar-refractivity contribution in [1.82, 2.24) is 0 Å². The van der Waals surface area contributed by atoms with Crippen LogP contribution in [0.15, 0.2) is 60.7 Å². The van der Waals surface area contributed by atoms with E-state index in [9.17, 15) is 4.79 Å². The standard InChI is InChI=1S/C17H15ClO2/c18-16-9-6-15(7-10-16)8-11-17(19)20-13-12-14-4-2-1-3-5-14/h1-11H,12-13H2/b11-8+. The Kier molecular flexibility index (Phi) is 5.39. The lowest BCUT2D eigenvalue weighted by atomic mass is 10.2. The second-order valence-electron chi connectivity index (χ2n) is 4.29. The summed E-state index contributed by atoms with van der Waals surface area (Å²) >= 11 is 5.79. The molecular formula is C17H15ClO2. The van der Waals surface area contributed by atoms with Gasteiger partial charge in [-0.2, -0.15) is 0 Å². The third-order valence-electron chi connectivity index (χ3n) is 2.76. The molecule has 0 aliphatic rings. The molecule has 3 heteroatoms. The zero-order chi connectivity index (χ0) is 14.2. The van der Waals surface area contributed by atoms with E-state index in [4.69, 9.17) is 16.3 Å². The summed E-state index contributed by atoms with van der Waals surface area (Å²) in [6, 6.07) is 17.2. The lowest BCUT2D eigenvalue weighted by Gasteiger charge is -2.02. The second kappa shape index (κ2) is 7.51. The molecule has 0 heterocycles.